The first-order chi connectivity index (χ1) is 15.2. The van der Waals surface area contributed by atoms with Crippen molar-refractivity contribution in [1.82, 2.24) is 9.38 Å². The highest BCUT2D eigenvalue weighted by atomic mass is 19.1. The molecule has 5 rings (SSSR count). The summed E-state index contributed by atoms with van der Waals surface area (Å²) in [4.78, 5) is 4.80. The normalized spacial score (nSPS) is 13.1. The van der Waals surface area contributed by atoms with Crippen LogP contribution in [0.1, 0.15) is 18.2 Å². The summed E-state index contributed by atoms with van der Waals surface area (Å²) in [6, 6.07) is 16.6. The second-order valence-corrected chi connectivity index (χ2v) is 7.36. The van der Waals surface area contributed by atoms with Gasteiger partial charge in [-0.25, -0.2) is 9.37 Å². The smallest absolute Gasteiger partial charge is 0.163 e. The lowest BCUT2D eigenvalue weighted by Crippen LogP contribution is -2.15. The van der Waals surface area contributed by atoms with Gasteiger partial charge in [-0.15, -0.1) is 0 Å². The van der Waals surface area contributed by atoms with Crippen molar-refractivity contribution in [3.8, 4) is 22.8 Å². The number of aryl methyl sites for hydroxylation is 1. The van der Waals surface area contributed by atoms with Gasteiger partial charge in [-0.05, 0) is 49.7 Å². The zero-order valence-electron chi connectivity index (χ0n) is 17.4. The summed E-state index contributed by atoms with van der Waals surface area (Å²) in [7, 11) is 0. The van der Waals surface area contributed by atoms with Gasteiger partial charge in [0.2, 0.25) is 0 Å². The van der Waals surface area contributed by atoms with Gasteiger partial charge in [-0.1, -0.05) is 30.4 Å². The van der Waals surface area contributed by atoms with Crippen molar-refractivity contribution in [3.05, 3.63) is 77.7 Å². The van der Waals surface area contributed by atoms with Crippen LogP contribution in [0.4, 0.5) is 15.9 Å². The van der Waals surface area contributed by atoms with Crippen molar-refractivity contribution in [1.29, 1.82) is 0 Å². The molecule has 0 bridgehead atoms. The highest BCUT2D eigenvalue weighted by Gasteiger charge is 2.21. The van der Waals surface area contributed by atoms with Gasteiger partial charge in [0.1, 0.15) is 36.2 Å². The summed E-state index contributed by atoms with van der Waals surface area (Å²) in [5, 5.41) is 3.46. The van der Waals surface area contributed by atoms with Crippen molar-refractivity contribution >= 4 is 23.2 Å². The minimum absolute atomic E-state index is 0.318. The van der Waals surface area contributed by atoms with Crippen LogP contribution in [-0.4, -0.2) is 22.6 Å². The molecule has 0 unspecified atom stereocenters. The number of nitrogens with one attached hydrogen (secondary N) is 1. The number of hydrogen-bond donors (Lipinski definition) is 1. The fourth-order valence-corrected chi connectivity index (χ4v) is 3.91. The van der Waals surface area contributed by atoms with Crippen LogP contribution in [0, 0.1) is 12.7 Å². The van der Waals surface area contributed by atoms with E-state index >= 15 is 4.39 Å². The van der Waals surface area contributed by atoms with Gasteiger partial charge in [-0.2, -0.15) is 0 Å². The second-order valence-electron chi connectivity index (χ2n) is 7.36. The molecule has 0 spiro atoms. The molecule has 5 nitrogen and oxygen atoms in total. The average Bonchev–Trinajstić information content (AvgIpc) is 3.13. The van der Waals surface area contributed by atoms with E-state index in [2.05, 4.69) is 5.32 Å². The van der Waals surface area contributed by atoms with E-state index < -0.39 is 0 Å². The van der Waals surface area contributed by atoms with Crippen LogP contribution in [0.15, 0.2) is 60.7 Å². The Morgan fingerprint density at radius 1 is 1.03 bits per heavy atom. The van der Waals surface area contributed by atoms with E-state index in [-0.39, 0.29) is 5.82 Å². The lowest BCUT2D eigenvalue weighted by atomic mass is 10.0. The second kappa shape index (κ2) is 7.80. The van der Waals surface area contributed by atoms with E-state index in [9.17, 15) is 0 Å². The van der Waals surface area contributed by atoms with Gasteiger partial charge in [0.25, 0.3) is 0 Å². The molecule has 1 aliphatic heterocycles. The zero-order chi connectivity index (χ0) is 21.4. The number of ether oxygens (including phenoxy) is 2. The number of fused-ring (bicyclic) bond motifs is 2. The first-order valence-corrected chi connectivity index (χ1v) is 10.2. The molecule has 1 aliphatic rings. The summed E-state index contributed by atoms with van der Waals surface area (Å²) in [5.74, 6) is 1.78. The maximum absolute atomic E-state index is 15.1. The SMILES string of the molecule is CC=Cc1cccc(F)c1-c1nc2cccc(C)n2c1Nc1ccc2c(c1)OCCO2. The number of hydrogen-bond acceptors (Lipinski definition) is 4. The summed E-state index contributed by atoms with van der Waals surface area (Å²) < 4.78 is 28.4. The standard InChI is InChI=1S/C25H22FN3O2/c1-3-6-17-8-5-9-19(26)23(17)24-25(29-16(2)7-4-10-22(29)28-24)27-18-11-12-20-21(15-18)31-14-13-30-20/h3-12,15,27H,13-14H2,1-2H3. The maximum atomic E-state index is 15.1. The molecule has 0 fully saturated rings. The number of anilines is 2. The molecule has 3 heterocycles. The predicted octanol–water partition coefficient (Wildman–Crippen LogP) is 6.00. The van der Waals surface area contributed by atoms with E-state index in [0.29, 0.717) is 36.0 Å². The summed E-state index contributed by atoms with van der Waals surface area (Å²) in [5.41, 5.74) is 4.32. The van der Waals surface area contributed by atoms with Crippen molar-refractivity contribution in [2.75, 3.05) is 18.5 Å². The van der Waals surface area contributed by atoms with E-state index in [0.717, 1.165) is 28.3 Å². The molecular weight excluding hydrogens is 393 g/mol. The molecule has 2 aromatic carbocycles. The maximum Gasteiger partial charge on any atom is 0.163 e. The van der Waals surface area contributed by atoms with Crippen LogP contribution in [0.5, 0.6) is 11.5 Å². The van der Waals surface area contributed by atoms with Crippen LogP contribution in [0.3, 0.4) is 0 Å². The van der Waals surface area contributed by atoms with Crippen molar-refractivity contribution < 1.29 is 13.9 Å². The van der Waals surface area contributed by atoms with Gasteiger partial charge in [0.05, 0.1) is 0 Å². The number of imidazole rings is 1. The van der Waals surface area contributed by atoms with Gasteiger partial charge < -0.3 is 14.8 Å². The van der Waals surface area contributed by atoms with Gasteiger partial charge >= 0.3 is 0 Å². The largest absolute Gasteiger partial charge is 0.486 e. The van der Waals surface area contributed by atoms with Crippen molar-refractivity contribution in [2.24, 2.45) is 0 Å². The lowest BCUT2D eigenvalue weighted by Gasteiger charge is -2.19. The quantitative estimate of drug-likeness (QED) is 0.444. The third-order valence-electron chi connectivity index (χ3n) is 5.27. The molecule has 0 radical (unpaired) electrons. The first kappa shape index (κ1) is 19.2. The number of aromatic nitrogens is 2. The molecule has 0 saturated heterocycles. The molecule has 1 N–H and O–H groups in total. The minimum Gasteiger partial charge on any atom is -0.486 e. The summed E-state index contributed by atoms with van der Waals surface area (Å²) >= 11 is 0. The Balaban J connectivity index is 1.71. The van der Waals surface area contributed by atoms with Gasteiger partial charge in [0.15, 0.2) is 11.5 Å². The number of nitrogens with zero attached hydrogens (tertiary/aromatic N) is 2. The van der Waals surface area contributed by atoms with Crippen molar-refractivity contribution in [2.45, 2.75) is 13.8 Å². The Morgan fingerprint density at radius 2 is 1.84 bits per heavy atom. The molecule has 6 heteroatoms. The van der Waals surface area contributed by atoms with Gasteiger partial charge in [0, 0.05) is 23.0 Å². The topological polar surface area (TPSA) is 47.8 Å². The van der Waals surface area contributed by atoms with Crippen LogP contribution in [0.25, 0.3) is 23.0 Å². The van der Waals surface area contributed by atoms with Gasteiger partial charge in [-0.3, -0.25) is 4.40 Å². The molecular formula is C25H22FN3O2. The van der Waals surface area contributed by atoms with E-state index in [1.165, 1.54) is 6.07 Å². The first-order valence-electron chi connectivity index (χ1n) is 10.2. The Kier molecular flexibility index (Phi) is 4.82. The number of allylic oxidation sites excluding steroid dienone is 1. The van der Waals surface area contributed by atoms with Crippen LogP contribution >= 0.6 is 0 Å². The Hall–Kier alpha value is -3.80. The lowest BCUT2D eigenvalue weighted by molar-refractivity contribution is 0.171. The third-order valence-corrected chi connectivity index (χ3v) is 5.27. The average molecular weight is 415 g/mol. The fraction of sp³-hybridized carbons (Fsp3) is 0.160. The number of halogens is 1. The molecule has 0 aliphatic carbocycles. The Bertz CT molecular complexity index is 1310. The third kappa shape index (κ3) is 3.40. The molecule has 0 saturated carbocycles. The van der Waals surface area contributed by atoms with E-state index in [1.54, 1.807) is 6.07 Å². The van der Waals surface area contributed by atoms with Crippen molar-refractivity contribution in [3.63, 3.8) is 0 Å². The van der Waals surface area contributed by atoms with Crippen LogP contribution in [-0.2, 0) is 0 Å². The summed E-state index contributed by atoms with van der Waals surface area (Å²) in [6.07, 6.45) is 3.79. The minimum atomic E-state index is -0.318. The monoisotopic (exact) mass is 415 g/mol. The predicted molar refractivity (Wildman–Crippen MR) is 121 cm³/mol. The molecule has 4 aromatic rings. The molecule has 0 amide bonds. The van der Waals surface area contributed by atoms with Crippen LogP contribution < -0.4 is 14.8 Å². The Morgan fingerprint density at radius 3 is 2.68 bits per heavy atom. The molecule has 0 atom stereocenters. The number of rotatable bonds is 4. The number of pyridine rings is 1. The fourth-order valence-electron chi connectivity index (χ4n) is 3.91. The Labute approximate surface area is 179 Å². The van der Waals surface area contributed by atoms with E-state index in [4.69, 9.17) is 14.5 Å². The highest BCUT2D eigenvalue weighted by molar-refractivity contribution is 5.85. The molecule has 2 aromatic heterocycles. The highest BCUT2D eigenvalue weighted by Crippen LogP contribution is 2.38. The zero-order valence-corrected chi connectivity index (χ0v) is 17.4. The van der Waals surface area contributed by atoms with Crippen LogP contribution in [0.2, 0.25) is 0 Å². The summed E-state index contributed by atoms with van der Waals surface area (Å²) in [6.45, 7) is 4.97. The molecule has 156 valence electrons. The number of benzene rings is 2. The van der Waals surface area contributed by atoms with E-state index in [1.807, 2.05) is 72.9 Å². The molecule has 31 heavy (non-hydrogen) atoms.